The Morgan fingerprint density at radius 2 is 2.50 bits per heavy atom. The van der Waals surface area contributed by atoms with Crippen LogP contribution in [0.3, 0.4) is 0 Å². The van der Waals surface area contributed by atoms with Gasteiger partial charge in [-0.05, 0) is 6.42 Å². The number of nitrogens with one attached hydrogen (secondary N) is 1. The molecule has 0 aliphatic rings. The van der Waals surface area contributed by atoms with E-state index in [2.05, 4.69) is 28.2 Å². The highest BCUT2D eigenvalue weighted by molar-refractivity contribution is 5.82. The van der Waals surface area contributed by atoms with Crippen LogP contribution in [0, 0.1) is 12.3 Å². The third-order valence-electron chi connectivity index (χ3n) is 2.04. The van der Waals surface area contributed by atoms with Crippen LogP contribution in [0.1, 0.15) is 19.2 Å². The summed E-state index contributed by atoms with van der Waals surface area (Å²) in [5.41, 5.74) is 0. The summed E-state index contributed by atoms with van der Waals surface area (Å²) in [4.78, 5) is 15.6. The first kappa shape index (κ1) is 12.4. The molecule has 5 heteroatoms. The number of hydrogen-bond donors (Lipinski definition) is 1. The molecule has 0 radical (unpaired) electrons. The highest BCUT2D eigenvalue weighted by Crippen LogP contribution is 1.97. The number of rotatable bonds is 7. The average Bonchev–Trinajstić information content (AvgIpc) is 2.67. The zero-order valence-electron chi connectivity index (χ0n) is 9.44. The van der Waals surface area contributed by atoms with Crippen molar-refractivity contribution in [3.05, 3.63) is 12.2 Å². The maximum absolute atomic E-state index is 11.5. The van der Waals surface area contributed by atoms with E-state index in [9.17, 15) is 4.79 Å². The van der Waals surface area contributed by atoms with Crippen molar-refractivity contribution in [3.8, 4) is 12.3 Å². The monoisotopic (exact) mass is 220 g/mol. The van der Waals surface area contributed by atoms with Gasteiger partial charge in [0.25, 0.3) is 0 Å². The molecule has 0 bridgehead atoms. The van der Waals surface area contributed by atoms with Crippen molar-refractivity contribution < 1.29 is 4.79 Å². The van der Waals surface area contributed by atoms with Crippen LogP contribution in [0.15, 0.2) is 6.33 Å². The standard InChI is InChI=1S/C11H16N4O/c1-3-5-12-8-10(16)7-11-13-9-14-15(11)6-4-2/h1,9,12H,4-8H2,2H3. The summed E-state index contributed by atoms with van der Waals surface area (Å²) in [6.45, 7) is 3.54. The summed E-state index contributed by atoms with van der Waals surface area (Å²) in [7, 11) is 0. The molecule has 0 saturated carbocycles. The summed E-state index contributed by atoms with van der Waals surface area (Å²) in [5, 5.41) is 6.91. The maximum Gasteiger partial charge on any atom is 0.154 e. The lowest BCUT2D eigenvalue weighted by atomic mass is 10.2. The van der Waals surface area contributed by atoms with Crippen LogP contribution in [0.4, 0.5) is 0 Å². The molecule has 5 nitrogen and oxygen atoms in total. The fourth-order valence-electron chi connectivity index (χ4n) is 1.34. The lowest BCUT2D eigenvalue weighted by molar-refractivity contribution is -0.117. The number of hydrogen-bond acceptors (Lipinski definition) is 4. The molecule has 0 aliphatic heterocycles. The van der Waals surface area contributed by atoms with Crippen molar-refractivity contribution in [2.24, 2.45) is 0 Å². The minimum absolute atomic E-state index is 0.0700. The van der Waals surface area contributed by atoms with Gasteiger partial charge in [-0.1, -0.05) is 12.8 Å². The van der Waals surface area contributed by atoms with Crippen molar-refractivity contribution in [3.63, 3.8) is 0 Å². The minimum Gasteiger partial charge on any atom is -0.299 e. The Balaban J connectivity index is 2.43. The van der Waals surface area contributed by atoms with E-state index in [1.807, 2.05) is 0 Å². The summed E-state index contributed by atoms with van der Waals surface area (Å²) >= 11 is 0. The summed E-state index contributed by atoms with van der Waals surface area (Å²) in [6, 6.07) is 0. The summed E-state index contributed by atoms with van der Waals surface area (Å²) in [5.74, 6) is 3.20. The molecule has 1 N–H and O–H groups in total. The van der Waals surface area contributed by atoms with E-state index in [-0.39, 0.29) is 12.3 Å². The summed E-state index contributed by atoms with van der Waals surface area (Å²) in [6.07, 6.45) is 7.82. The first-order valence-corrected chi connectivity index (χ1v) is 5.30. The first-order chi connectivity index (χ1) is 7.77. The highest BCUT2D eigenvalue weighted by atomic mass is 16.1. The Morgan fingerprint density at radius 3 is 3.19 bits per heavy atom. The third-order valence-corrected chi connectivity index (χ3v) is 2.04. The molecule has 1 aromatic rings. The Kier molecular flexibility index (Phi) is 5.23. The average molecular weight is 220 g/mol. The maximum atomic E-state index is 11.5. The minimum atomic E-state index is 0.0700. The number of Topliss-reactive ketones (excluding diaryl/α,β-unsaturated/α-hetero) is 1. The highest BCUT2D eigenvalue weighted by Gasteiger charge is 2.08. The van der Waals surface area contributed by atoms with Crippen LogP contribution < -0.4 is 5.32 Å². The van der Waals surface area contributed by atoms with Crippen LogP contribution in [0.25, 0.3) is 0 Å². The summed E-state index contributed by atoms with van der Waals surface area (Å²) < 4.78 is 1.76. The number of carbonyl (C=O) groups excluding carboxylic acids is 1. The molecule has 86 valence electrons. The zero-order chi connectivity index (χ0) is 11.8. The van der Waals surface area contributed by atoms with E-state index in [1.54, 1.807) is 4.68 Å². The van der Waals surface area contributed by atoms with Gasteiger partial charge >= 0.3 is 0 Å². The Morgan fingerprint density at radius 1 is 1.69 bits per heavy atom. The molecule has 16 heavy (non-hydrogen) atoms. The molecule has 0 fully saturated rings. The Hall–Kier alpha value is -1.67. The predicted octanol–water partition coefficient (Wildman–Crippen LogP) is 0.0225. The second-order valence-corrected chi connectivity index (χ2v) is 3.42. The van der Waals surface area contributed by atoms with E-state index in [1.165, 1.54) is 6.33 Å². The Labute approximate surface area is 95.3 Å². The molecule has 0 aromatic carbocycles. The first-order valence-electron chi connectivity index (χ1n) is 5.30. The molecule has 0 unspecified atom stereocenters. The van der Waals surface area contributed by atoms with Gasteiger partial charge in [-0.15, -0.1) is 6.42 Å². The number of aryl methyl sites for hydroxylation is 1. The van der Waals surface area contributed by atoms with Crippen molar-refractivity contribution in [2.45, 2.75) is 26.3 Å². The smallest absolute Gasteiger partial charge is 0.154 e. The van der Waals surface area contributed by atoms with Gasteiger partial charge in [0.15, 0.2) is 5.78 Å². The molecule has 1 aromatic heterocycles. The fraction of sp³-hybridized carbons (Fsp3) is 0.545. The molecule has 0 spiro atoms. The SMILES string of the molecule is C#CCNCC(=O)Cc1ncnn1CCC. The number of carbonyl (C=O) groups is 1. The van der Waals surface area contributed by atoms with E-state index in [4.69, 9.17) is 6.42 Å². The lowest BCUT2D eigenvalue weighted by Gasteiger charge is -2.03. The molecule has 0 saturated heterocycles. The second kappa shape index (κ2) is 6.75. The Bertz CT molecular complexity index is 378. The van der Waals surface area contributed by atoms with Gasteiger partial charge in [-0.2, -0.15) is 5.10 Å². The van der Waals surface area contributed by atoms with Gasteiger partial charge in [-0.3, -0.25) is 10.1 Å². The van der Waals surface area contributed by atoms with Crippen molar-refractivity contribution >= 4 is 5.78 Å². The number of terminal acetylenes is 1. The van der Waals surface area contributed by atoms with Crippen LogP contribution in [-0.2, 0) is 17.8 Å². The third kappa shape index (κ3) is 3.83. The van der Waals surface area contributed by atoms with Gasteiger partial charge in [0.2, 0.25) is 0 Å². The lowest BCUT2D eigenvalue weighted by Crippen LogP contribution is -2.25. The molecule has 0 atom stereocenters. The molecular weight excluding hydrogens is 204 g/mol. The molecule has 0 amide bonds. The number of nitrogens with zero attached hydrogens (tertiary/aromatic N) is 3. The van der Waals surface area contributed by atoms with Crippen molar-refractivity contribution in [1.82, 2.24) is 20.1 Å². The topological polar surface area (TPSA) is 59.8 Å². The molecule has 0 aliphatic carbocycles. The largest absolute Gasteiger partial charge is 0.299 e. The number of aromatic nitrogens is 3. The van der Waals surface area contributed by atoms with E-state index >= 15 is 0 Å². The normalized spacial score (nSPS) is 10.0. The van der Waals surface area contributed by atoms with Crippen LogP contribution >= 0.6 is 0 Å². The molecule has 1 heterocycles. The van der Waals surface area contributed by atoms with Gasteiger partial charge < -0.3 is 0 Å². The fourth-order valence-corrected chi connectivity index (χ4v) is 1.34. The van der Waals surface area contributed by atoms with Crippen molar-refractivity contribution in [1.29, 1.82) is 0 Å². The number of ketones is 1. The zero-order valence-corrected chi connectivity index (χ0v) is 9.44. The van der Waals surface area contributed by atoms with Gasteiger partial charge in [0.05, 0.1) is 19.5 Å². The van der Waals surface area contributed by atoms with Crippen LogP contribution in [0.2, 0.25) is 0 Å². The second-order valence-electron chi connectivity index (χ2n) is 3.42. The van der Waals surface area contributed by atoms with Crippen LogP contribution in [-0.4, -0.2) is 33.6 Å². The van der Waals surface area contributed by atoms with Gasteiger partial charge in [0, 0.05) is 6.54 Å². The molecular formula is C11H16N4O. The van der Waals surface area contributed by atoms with E-state index < -0.39 is 0 Å². The van der Waals surface area contributed by atoms with E-state index in [0.717, 1.165) is 13.0 Å². The quantitative estimate of drug-likeness (QED) is 0.520. The van der Waals surface area contributed by atoms with Crippen LogP contribution in [0.5, 0.6) is 0 Å². The van der Waals surface area contributed by atoms with Gasteiger partial charge in [-0.25, -0.2) is 9.67 Å². The predicted molar refractivity (Wildman–Crippen MR) is 60.7 cm³/mol. The van der Waals surface area contributed by atoms with E-state index in [0.29, 0.717) is 18.8 Å². The molecule has 1 rings (SSSR count). The van der Waals surface area contributed by atoms with Gasteiger partial charge in [0.1, 0.15) is 12.2 Å². The van der Waals surface area contributed by atoms with Crippen molar-refractivity contribution in [2.75, 3.05) is 13.1 Å².